The van der Waals surface area contributed by atoms with Crippen LogP contribution in [0.15, 0.2) is 0 Å². The molecule has 3 heteroatoms. The third-order valence-electron chi connectivity index (χ3n) is 1.37. The van der Waals surface area contributed by atoms with Crippen LogP contribution in [-0.2, 0) is 9.47 Å². The lowest BCUT2D eigenvalue weighted by molar-refractivity contribution is -0.0895. The molecule has 0 spiro atoms. The molecular weight excluding hydrogens is 118 g/mol. The summed E-state index contributed by atoms with van der Waals surface area (Å²) in [5.41, 5.74) is 5.32. The first kappa shape index (κ1) is 6.99. The van der Waals surface area contributed by atoms with E-state index in [-0.39, 0.29) is 6.10 Å². The summed E-state index contributed by atoms with van der Waals surface area (Å²) in [4.78, 5) is 0. The minimum Gasteiger partial charge on any atom is -0.376 e. The molecule has 1 aliphatic rings. The van der Waals surface area contributed by atoms with Gasteiger partial charge in [-0.1, -0.05) is 0 Å². The predicted molar refractivity (Wildman–Crippen MR) is 34.2 cm³/mol. The van der Waals surface area contributed by atoms with E-state index in [0.29, 0.717) is 6.54 Å². The molecule has 0 amide bonds. The molecule has 0 aromatic carbocycles. The average molecular weight is 131 g/mol. The van der Waals surface area contributed by atoms with E-state index in [1.807, 2.05) is 0 Å². The number of ether oxygens (including phenoxy) is 2. The zero-order valence-electron chi connectivity index (χ0n) is 5.51. The van der Waals surface area contributed by atoms with Crippen molar-refractivity contribution >= 4 is 0 Å². The van der Waals surface area contributed by atoms with Gasteiger partial charge in [0.25, 0.3) is 0 Å². The molecule has 0 aromatic rings. The van der Waals surface area contributed by atoms with Gasteiger partial charge >= 0.3 is 0 Å². The summed E-state index contributed by atoms with van der Waals surface area (Å²) in [5, 5.41) is 0. The van der Waals surface area contributed by atoms with E-state index in [4.69, 9.17) is 15.2 Å². The zero-order valence-corrected chi connectivity index (χ0v) is 5.51. The maximum atomic E-state index is 5.32. The van der Waals surface area contributed by atoms with Crippen LogP contribution in [0.25, 0.3) is 0 Å². The molecular formula is C6H13NO2. The number of hydrogen-bond donors (Lipinski definition) is 1. The molecule has 1 unspecified atom stereocenters. The van der Waals surface area contributed by atoms with E-state index >= 15 is 0 Å². The Morgan fingerprint density at radius 3 is 2.89 bits per heavy atom. The molecule has 1 atom stereocenters. The Bertz CT molecular complexity index is 68.7. The SMILES string of the molecule is NCCC1COCCO1. The fourth-order valence-corrected chi connectivity index (χ4v) is 0.889. The Morgan fingerprint density at radius 1 is 1.44 bits per heavy atom. The molecule has 9 heavy (non-hydrogen) atoms. The molecule has 1 fully saturated rings. The van der Waals surface area contributed by atoms with Crippen LogP contribution in [0.3, 0.4) is 0 Å². The molecule has 1 rings (SSSR count). The monoisotopic (exact) mass is 131 g/mol. The van der Waals surface area contributed by atoms with Crippen LogP contribution in [0, 0.1) is 0 Å². The Labute approximate surface area is 55.1 Å². The van der Waals surface area contributed by atoms with Crippen LogP contribution in [0.5, 0.6) is 0 Å². The normalized spacial score (nSPS) is 28.3. The molecule has 54 valence electrons. The maximum Gasteiger partial charge on any atom is 0.0821 e. The zero-order chi connectivity index (χ0) is 6.53. The maximum absolute atomic E-state index is 5.32. The quantitative estimate of drug-likeness (QED) is 0.562. The molecule has 1 aliphatic heterocycles. The Hall–Kier alpha value is -0.120. The Balaban J connectivity index is 2.08. The lowest BCUT2D eigenvalue weighted by atomic mass is 10.2. The van der Waals surface area contributed by atoms with Crippen LogP contribution < -0.4 is 5.73 Å². The highest BCUT2D eigenvalue weighted by atomic mass is 16.6. The van der Waals surface area contributed by atoms with E-state index in [0.717, 1.165) is 26.2 Å². The molecule has 0 saturated carbocycles. The molecule has 0 bridgehead atoms. The second kappa shape index (κ2) is 3.82. The molecule has 0 aromatic heterocycles. The van der Waals surface area contributed by atoms with Crippen LogP contribution in [0.2, 0.25) is 0 Å². The van der Waals surface area contributed by atoms with Crippen LogP contribution in [0.4, 0.5) is 0 Å². The number of hydrogen-bond acceptors (Lipinski definition) is 3. The topological polar surface area (TPSA) is 44.5 Å². The van der Waals surface area contributed by atoms with Crippen molar-refractivity contribution in [3.63, 3.8) is 0 Å². The summed E-state index contributed by atoms with van der Waals surface area (Å²) in [6.45, 7) is 2.87. The van der Waals surface area contributed by atoms with Gasteiger partial charge in [-0.15, -0.1) is 0 Å². The second-order valence-corrected chi connectivity index (χ2v) is 2.15. The first-order valence-electron chi connectivity index (χ1n) is 3.33. The lowest BCUT2D eigenvalue weighted by Crippen LogP contribution is -2.30. The van der Waals surface area contributed by atoms with Crippen LogP contribution in [-0.4, -0.2) is 32.5 Å². The Kier molecular flexibility index (Phi) is 2.97. The van der Waals surface area contributed by atoms with Crippen molar-refractivity contribution in [2.24, 2.45) is 5.73 Å². The first-order valence-corrected chi connectivity index (χ1v) is 3.33. The summed E-state index contributed by atoms with van der Waals surface area (Å²) >= 11 is 0. The van der Waals surface area contributed by atoms with Crippen molar-refractivity contribution in [1.82, 2.24) is 0 Å². The van der Waals surface area contributed by atoms with Crippen molar-refractivity contribution in [2.45, 2.75) is 12.5 Å². The summed E-state index contributed by atoms with van der Waals surface area (Å²) in [7, 11) is 0. The van der Waals surface area contributed by atoms with Gasteiger partial charge < -0.3 is 15.2 Å². The van der Waals surface area contributed by atoms with Gasteiger partial charge in [0, 0.05) is 0 Å². The highest BCUT2D eigenvalue weighted by Gasteiger charge is 2.11. The number of nitrogens with two attached hydrogens (primary N) is 1. The van der Waals surface area contributed by atoms with Gasteiger partial charge in [0.2, 0.25) is 0 Å². The third kappa shape index (κ3) is 2.30. The first-order chi connectivity index (χ1) is 4.43. The molecule has 1 heterocycles. The smallest absolute Gasteiger partial charge is 0.0821 e. The van der Waals surface area contributed by atoms with Crippen molar-refractivity contribution in [2.75, 3.05) is 26.4 Å². The summed E-state index contributed by atoms with van der Waals surface area (Å²) in [6, 6.07) is 0. The molecule has 1 saturated heterocycles. The summed E-state index contributed by atoms with van der Waals surface area (Å²) in [6.07, 6.45) is 1.17. The van der Waals surface area contributed by atoms with Crippen LogP contribution in [0.1, 0.15) is 6.42 Å². The number of rotatable bonds is 2. The van der Waals surface area contributed by atoms with Gasteiger partial charge in [-0.25, -0.2) is 0 Å². The molecule has 0 radical (unpaired) electrons. The fourth-order valence-electron chi connectivity index (χ4n) is 0.889. The minimum absolute atomic E-state index is 0.253. The van der Waals surface area contributed by atoms with E-state index in [9.17, 15) is 0 Å². The van der Waals surface area contributed by atoms with Crippen molar-refractivity contribution < 1.29 is 9.47 Å². The predicted octanol–water partition coefficient (Wildman–Crippen LogP) is -0.249. The highest BCUT2D eigenvalue weighted by molar-refractivity contribution is 4.60. The lowest BCUT2D eigenvalue weighted by Gasteiger charge is -2.21. The van der Waals surface area contributed by atoms with Gasteiger partial charge in [0.1, 0.15) is 0 Å². The molecule has 2 N–H and O–H groups in total. The van der Waals surface area contributed by atoms with E-state index in [2.05, 4.69) is 0 Å². The standard InChI is InChI=1S/C6H13NO2/c7-2-1-6-5-8-3-4-9-6/h6H,1-5,7H2. The fraction of sp³-hybridized carbons (Fsp3) is 1.00. The van der Waals surface area contributed by atoms with E-state index < -0.39 is 0 Å². The summed E-state index contributed by atoms with van der Waals surface area (Å²) < 4.78 is 10.5. The van der Waals surface area contributed by atoms with E-state index in [1.54, 1.807) is 0 Å². The summed E-state index contributed by atoms with van der Waals surface area (Å²) in [5.74, 6) is 0. The van der Waals surface area contributed by atoms with Gasteiger partial charge in [-0.2, -0.15) is 0 Å². The van der Waals surface area contributed by atoms with Crippen molar-refractivity contribution in [3.8, 4) is 0 Å². The van der Waals surface area contributed by atoms with Gasteiger partial charge in [-0.3, -0.25) is 0 Å². The van der Waals surface area contributed by atoms with Gasteiger partial charge in [0.15, 0.2) is 0 Å². The largest absolute Gasteiger partial charge is 0.376 e. The Morgan fingerprint density at radius 2 is 2.33 bits per heavy atom. The van der Waals surface area contributed by atoms with Gasteiger partial charge in [0.05, 0.1) is 25.9 Å². The van der Waals surface area contributed by atoms with Crippen LogP contribution >= 0.6 is 0 Å². The second-order valence-electron chi connectivity index (χ2n) is 2.15. The minimum atomic E-state index is 0.253. The third-order valence-corrected chi connectivity index (χ3v) is 1.37. The van der Waals surface area contributed by atoms with E-state index in [1.165, 1.54) is 0 Å². The highest BCUT2D eigenvalue weighted by Crippen LogP contribution is 2.02. The van der Waals surface area contributed by atoms with Gasteiger partial charge in [-0.05, 0) is 13.0 Å². The van der Waals surface area contributed by atoms with Crippen molar-refractivity contribution in [3.05, 3.63) is 0 Å². The average Bonchev–Trinajstić information content (AvgIpc) is 1.91. The van der Waals surface area contributed by atoms with Crippen molar-refractivity contribution in [1.29, 1.82) is 0 Å². The molecule has 0 aliphatic carbocycles. The molecule has 3 nitrogen and oxygen atoms in total.